The first-order chi connectivity index (χ1) is 20.8. The van der Waals surface area contributed by atoms with E-state index in [1.165, 1.54) is 24.8 Å². The van der Waals surface area contributed by atoms with Crippen molar-refractivity contribution in [3.05, 3.63) is 65.2 Å². The fraction of sp³-hybridized carbons (Fsp3) is 0.500. The van der Waals surface area contributed by atoms with Gasteiger partial charge in [0.1, 0.15) is 17.2 Å². The van der Waals surface area contributed by atoms with Gasteiger partial charge in [0.2, 0.25) is 11.9 Å². The van der Waals surface area contributed by atoms with Crippen LogP contribution in [-0.2, 0) is 4.74 Å². The molecule has 3 aromatic rings. The fourth-order valence-electron chi connectivity index (χ4n) is 5.38. The molecular formula is C30H36ClF2N7O4. The quantitative estimate of drug-likeness (QED) is 0.389. The zero-order chi connectivity index (χ0) is 31.6. The summed E-state index contributed by atoms with van der Waals surface area (Å²) in [5.74, 6) is -0.453. The van der Waals surface area contributed by atoms with E-state index in [2.05, 4.69) is 25.3 Å². The Morgan fingerprint density at radius 1 is 1.07 bits per heavy atom. The second kappa shape index (κ2) is 12.6. The molecule has 2 saturated heterocycles. The number of carbonyl (C=O) groups excluding carboxylic acids is 1. The number of piperidine rings is 1. The SMILES string of the molecule is CC(C)(C)OC(=O)NC1CN(c2ncc(OCC3(C)CCN(c4ncc(Cl)cn4)CC3O)cn2)CC1c1cc(F)ccc1F. The normalized spacial score (nSPS) is 23.9. The van der Waals surface area contributed by atoms with E-state index in [4.69, 9.17) is 21.1 Å². The van der Waals surface area contributed by atoms with E-state index in [1.807, 2.05) is 11.8 Å². The second-order valence-electron chi connectivity index (χ2n) is 12.5. The molecule has 11 nitrogen and oxygen atoms in total. The zero-order valence-electron chi connectivity index (χ0n) is 25.0. The van der Waals surface area contributed by atoms with Crippen LogP contribution in [0.5, 0.6) is 5.75 Å². The summed E-state index contributed by atoms with van der Waals surface area (Å²) in [6.07, 6.45) is 5.39. The number of ether oxygens (including phenoxy) is 2. The molecule has 0 radical (unpaired) electrons. The molecule has 0 bridgehead atoms. The first kappa shape index (κ1) is 31.6. The Balaban J connectivity index is 1.23. The number of aliphatic hydroxyl groups excluding tert-OH is 1. The number of anilines is 2. The number of β-amino-alcohol motifs (C(OH)–C–C–N with tert-alkyl or cyclic N) is 1. The zero-order valence-corrected chi connectivity index (χ0v) is 25.8. The fourth-order valence-corrected chi connectivity index (χ4v) is 5.48. The van der Waals surface area contributed by atoms with Crippen LogP contribution in [0.2, 0.25) is 5.02 Å². The van der Waals surface area contributed by atoms with Gasteiger partial charge < -0.3 is 29.7 Å². The van der Waals surface area contributed by atoms with E-state index < -0.39 is 46.8 Å². The maximum Gasteiger partial charge on any atom is 0.407 e. The Kier molecular flexibility index (Phi) is 9.07. The van der Waals surface area contributed by atoms with Gasteiger partial charge in [-0.05, 0) is 51.0 Å². The van der Waals surface area contributed by atoms with Crippen molar-refractivity contribution >= 4 is 29.6 Å². The van der Waals surface area contributed by atoms with Crippen LogP contribution in [0.4, 0.5) is 25.5 Å². The average molecular weight is 632 g/mol. The van der Waals surface area contributed by atoms with Crippen LogP contribution in [0, 0.1) is 17.0 Å². The number of rotatable bonds is 7. The number of hydrogen-bond acceptors (Lipinski definition) is 10. The monoisotopic (exact) mass is 631 g/mol. The minimum Gasteiger partial charge on any atom is -0.490 e. The van der Waals surface area contributed by atoms with Gasteiger partial charge in [-0.2, -0.15) is 0 Å². The number of nitrogens with one attached hydrogen (secondary N) is 1. The lowest BCUT2D eigenvalue weighted by molar-refractivity contribution is -0.0111. The van der Waals surface area contributed by atoms with Gasteiger partial charge in [-0.25, -0.2) is 33.5 Å². The summed E-state index contributed by atoms with van der Waals surface area (Å²) < 4.78 is 40.3. The highest BCUT2D eigenvalue weighted by Crippen LogP contribution is 2.35. The highest BCUT2D eigenvalue weighted by atomic mass is 35.5. The third kappa shape index (κ3) is 7.44. The van der Waals surface area contributed by atoms with E-state index >= 15 is 0 Å². The maximum atomic E-state index is 14.8. The van der Waals surface area contributed by atoms with Gasteiger partial charge in [-0.3, -0.25) is 0 Å². The number of amides is 1. The van der Waals surface area contributed by atoms with Crippen molar-refractivity contribution in [1.29, 1.82) is 0 Å². The Labute approximate surface area is 259 Å². The van der Waals surface area contributed by atoms with Gasteiger partial charge in [0.25, 0.3) is 0 Å². The van der Waals surface area contributed by atoms with E-state index in [-0.39, 0.29) is 25.3 Å². The lowest BCUT2D eigenvalue weighted by Crippen LogP contribution is -2.52. The number of aliphatic hydroxyl groups is 1. The Bertz CT molecular complexity index is 1460. The molecule has 44 heavy (non-hydrogen) atoms. The van der Waals surface area contributed by atoms with Gasteiger partial charge in [-0.1, -0.05) is 18.5 Å². The second-order valence-corrected chi connectivity index (χ2v) is 12.9. The standard InChI is InChI=1S/C30H36ClF2N7O4/c1-29(2,3)44-28(42)38-24-15-40(14-22(24)21-9-19(32)5-6-23(21)33)27-36-12-20(13-37-27)43-17-30(4)7-8-39(16-25(30)41)26-34-10-18(31)11-35-26/h5-6,9-13,22,24-25,41H,7-8,14-17H2,1-4H3,(H,38,42). The van der Waals surface area contributed by atoms with Crippen molar-refractivity contribution < 1.29 is 28.2 Å². The number of aromatic nitrogens is 4. The number of hydrogen-bond donors (Lipinski definition) is 2. The molecule has 2 aliphatic rings. The largest absolute Gasteiger partial charge is 0.490 e. The molecule has 1 amide bonds. The summed E-state index contributed by atoms with van der Waals surface area (Å²) in [4.78, 5) is 33.7. The Morgan fingerprint density at radius 2 is 1.73 bits per heavy atom. The molecule has 2 N–H and O–H groups in total. The van der Waals surface area contributed by atoms with Crippen molar-refractivity contribution in [3.63, 3.8) is 0 Å². The minimum absolute atomic E-state index is 0.147. The number of halogens is 3. The summed E-state index contributed by atoms with van der Waals surface area (Å²) in [6, 6.07) is 2.69. The molecule has 1 aromatic carbocycles. The van der Waals surface area contributed by atoms with Crippen molar-refractivity contribution in [2.45, 2.75) is 57.8 Å². The molecular weight excluding hydrogens is 596 g/mol. The third-order valence-electron chi connectivity index (χ3n) is 7.89. The Morgan fingerprint density at radius 3 is 2.39 bits per heavy atom. The van der Waals surface area contributed by atoms with Crippen molar-refractivity contribution in [2.24, 2.45) is 5.41 Å². The van der Waals surface area contributed by atoms with Crippen LogP contribution in [0.3, 0.4) is 0 Å². The molecule has 2 aliphatic heterocycles. The maximum absolute atomic E-state index is 14.8. The van der Waals surface area contributed by atoms with Crippen molar-refractivity contribution in [1.82, 2.24) is 25.3 Å². The molecule has 236 valence electrons. The van der Waals surface area contributed by atoms with Crippen LogP contribution in [0.1, 0.15) is 45.6 Å². The molecule has 4 atom stereocenters. The minimum atomic E-state index is -0.726. The molecule has 2 fully saturated rings. The molecule has 4 heterocycles. The van der Waals surface area contributed by atoms with Crippen LogP contribution >= 0.6 is 11.6 Å². The summed E-state index contributed by atoms with van der Waals surface area (Å²) in [5, 5.41) is 14.2. The van der Waals surface area contributed by atoms with E-state index in [0.29, 0.717) is 42.2 Å². The molecule has 4 unspecified atom stereocenters. The smallest absolute Gasteiger partial charge is 0.407 e. The molecule has 14 heteroatoms. The van der Waals surface area contributed by atoms with Gasteiger partial charge >= 0.3 is 6.09 Å². The van der Waals surface area contributed by atoms with Gasteiger partial charge in [-0.15, -0.1) is 0 Å². The number of nitrogens with zero attached hydrogens (tertiary/aromatic N) is 6. The number of benzene rings is 1. The van der Waals surface area contributed by atoms with Gasteiger partial charge in [0.15, 0.2) is 5.75 Å². The van der Waals surface area contributed by atoms with Crippen LogP contribution in [0.25, 0.3) is 0 Å². The predicted molar refractivity (Wildman–Crippen MR) is 160 cm³/mol. The van der Waals surface area contributed by atoms with E-state index in [0.717, 1.165) is 18.2 Å². The molecule has 0 saturated carbocycles. The highest BCUT2D eigenvalue weighted by Gasteiger charge is 2.41. The predicted octanol–water partition coefficient (Wildman–Crippen LogP) is 4.35. The molecule has 5 rings (SSSR count). The van der Waals surface area contributed by atoms with Crippen molar-refractivity contribution in [2.75, 3.05) is 42.6 Å². The number of alkyl carbamates (subject to hydrolysis) is 1. The van der Waals surface area contributed by atoms with E-state index in [9.17, 15) is 18.7 Å². The third-order valence-corrected chi connectivity index (χ3v) is 8.08. The lowest BCUT2D eigenvalue weighted by Gasteiger charge is -2.42. The highest BCUT2D eigenvalue weighted by molar-refractivity contribution is 6.30. The average Bonchev–Trinajstić information content (AvgIpc) is 3.37. The lowest BCUT2D eigenvalue weighted by atomic mass is 9.78. The molecule has 2 aromatic heterocycles. The van der Waals surface area contributed by atoms with Gasteiger partial charge in [0, 0.05) is 37.5 Å². The molecule has 0 spiro atoms. The summed E-state index contributed by atoms with van der Waals surface area (Å²) in [5.41, 5.74) is -1.11. The van der Waals surface area contributed by atoms with E-state index in [1.54, 1.807) is 25.7 Å². The molecule has 0 aliphatic carbocycles. The number of carbonyl (C=O) groups is 1. The first-order valence-corrected chi connectivity index (χ1v) is 14.7. The van der Waals surface area contributed by atoms with Crippen LogP contribution in [0.15, 0.2) is 43.0 Å². The topological polar surface area (TPSA) is 126 Å². The summed E-state index contributed by atoms with van der Waals surface area (Å²) >= 11 is 5.89. The van der Waals surface area contributed by atoms with Gasteiger partial charge in [0.05, 0.1) is 48.6 Å². The summed E-state index contributed by atoms with van der Waals surface area (Å²) in [6.45, 7) is 8.89. The first-order valence-electron chi connectivity index (χ1n) is 14.3. The van der Waals surface area contributed by atoms with Crippen LogP contribution in [-0.4, -0.2) is 81.7 Å². The Hall–Kier alpha value is -3.84. The van der Waals surface area contributed by atoms with Crippen LogP contribution < -0.4 is 19.9 Å². The van der Waals surface area contributed by atoms with Crippen molar-refractivity contribution in [3.8, 4) is 5.75 Å². The summed E-state index contributed by atoms with van der Waals surface area (Å²) in [7, 11) is 0.